The zero-order chi connectivity index (χ0) is 21.7. The second-order valence-electron chi connectivity index (χ2n) is 6.79. The number of rotatable bonds is 8. The number of likely N-dealkylation sites (tertiary alicyclic amines) is 1. The highest BCUT2D eigenvalue weighted by Crippen LogP contribution is 2.39. The van der Waals surface area contributed by atoms with E-state index in [9.17, 15) is 19.8 Å². The lowest BCUT2D eigenvalue weighted by molar-refractivity contribution is -0.139. The minimum atomic E-state index is -0.802. The van der Waals surface area contributed by atoms with Crippen LogP contribution >= 0.6 is 0 Å². The smallest absolute Gasteiger partial charge is 0.295 e. The van der Waals surface area contributed by atoms with E-state index in [1.54, 1.807) is 36.4 Å². The van der Waals surface area contributed by atoms with Gasteiger partial charge in [-0.15, -0.1) is 0 Å². The number of aromatic hydroxyl groups is 1. The summed E-state index contributed by atoms with van der Waals surface area (Å²) in [5.74, 6) is -1.12. The van der Waals surface area contributed by atoms with Gasteiger partial charge in [0.1, 0.15) is 17.3 Å². The van der Waals surface area contributed by atoms with Crippen LogP contribution in [-0.4, -0.2) is 65.3 Å². The standard InChI is InChI=1S/C22H24N2O6/c1-30-17-8-4-15(5-9-17)20(27)18-19(14-2-6-16(26)7-3-14)24(22(29)21(18)28)12-10-23-11-13-25/h2-9,19,23,25-27H,10-13H2,1H3/b20-18+. The zero-order valence-electron chi connectivity index (χ0n) is 16.5. The van der Waals surface area contributed by atoms with Crippen LogP contribution in [0, 0.1) is 0 Å². The van der Waals surface area contributed by atoms with Gasteiger partial charge in [0.25, 0.3) is 11.7 Å². The summed E-state index contributed by atoms with van der Waals surface area (Å²) in [5, 5.41) is 32.4. The minimum Gasteiger partial charge on any atom is -0.508 e. The fraction of sp³-hybridized carbons (Fsp3) is 0.273. The molecule has 8 heteroatoms. The lowest BCUT2D eigenvalue weighted by atomic mass is 9.95. The highest BCUT2D eigenvalue weighted by Gasteiger charge is 2.45. The van der Waals surface area contributed by atoms with Crippen molar-refractivity contribution in [3.63, 3.8) is 0 Å². The lowest BCUT2D eigenvalue weighted by Gasteiger charge is -2.25. The number of phenols is 1. The summed E-state index contributed by atoms with van der Waals surface area (Å²) in [5.41, 5.74) is 0.957. The molecule has 1 saturated heterocycles. The second kappa shape index (κ2) is 9.43. The Hall–Kier alpha value is -3.36. The first-order chi connectivity index (χ1) is 14.5. The highest BCUT2D eigenvalue weighted by molar-refractivity contribution is 6.46. The fourth-order valence-electron chi connectivity index (χ4n) is 3.42. The maximum atomic E-state index is 12.8. The molecule has 0 radical (unpaired) electrons. The van der Waals surface area contributed by atoms with Gasteiger partial charge in [0, 0.05) is 25.2 Å². The summed E-state index contributed by atoms with van der Waals surface area (Å²) in [6.07, 6.45) is 0. The Bertz CT molecular complexity index is 937. The number of nitrogens with zero attached hydrogens (tertiary/aromatic N) is 1. The number of carbonyl (C=O) groups is 2. The van der Waals surface area contributed by atoms with E-state index in [4.69, 9.17) is 9.84 Å². The highest BCUT2D eigenvalue weighted by atomic mass is 16.5. The molecule has 1 amide bonds. The van der Waals surface area contributed by atoms with Gasteiger partial charge in [0.05, 0.1) is 25.3 Å². The Kier molecular flexibility index (Phi) is 6.71. The van der Waals surface area contributed by atoms with Crippen molar-refractivity contribution in [2.45, 2.75) is 6.04 Å². The van der Waals surface area contributed by atoms with Crippen molar-refractivity contribution < 1.29 is 29.6 Å². The number of ketones is 1. The first-order valence-electron chi connectivity index (χ1n) is 9.51. The number of methoxy groups -OCH3 is 1. The molecule has 1 aliphatic rings. The molecule has 1 heterocycles. The summed E-state index contributed by atoms with van der Waals surface area (Å²) < 4.78 is 5.12. The van der Waals surface area contributed by atoms with Crippen LogP contribution in [0.25, 0.3) is 5.76 Å². The van der Waals surface area contributed by atoms with Crippen molar-refractivity contribution in [3.05, 3.63) is 65.2 Å². The summed E-state index contributed by atoms with van der Waals surface area (Å²) in [6, 6.07) is 11.9. The summed E-state index contributed by atoms with van der Waals surface area (Å²) in [6.45, 7) is 0.886. The van der Waals surface area contributed by atoms with E-state index in [0.29, 0.717) is 30.0 Å². The SMILES string of the molecule is COc1ccc(/C(O)=C2\C(=O)C(=O)N(CCNCCO)C2c2ccc(O)cc2)cc1. The topological polar surface area (TPSA) is 119 Å². The Morgan fingerprint density at radius 3 is 2.33 bits per heavy atom. The number of phenolic OH excluding ortho intramolecular Hbond substituents is 1. The molecule has 2 aromatic rings. The van der Waals surface area contributed by atoms with Crippen molar-refractivity contribution in [1.82, 2.24) is 10.2 Å². The van der Waals surface area contributed by atoms with E-state index >= 15 is 0 Å². The van der Waals surface area contributed by atoms with Gasteiger partial charge < -0.3 is 30.3 Å². The molecular formula is C22H24N2O6. The van der Waals surface area contributed by atoms with Crippen LogP contribution in [0.1, 0.15) is 17.2 Å². The molecular weight excluding hydrogens is 388 g/mol. The second-order valence-corrected chi connectivity index (χ2v) is 6.79. The molecule has 1 unspecified atom stereocenters. The number of carbonyl (C=O) groups excluding carboxylic acids is 2. The van der Waals surface area contributed by atoms with Gasteiger partial charge in [-0.25, -0.2) is 0 Å². The van der Waals surface area contributed by atoms with Gasteiger partial charge in [-0.05, 0) is 42.0 Å². The summed E-state index contributed by atoms with van der Waals surface area (Å²) >= 11 is 0. The Morgan fingerprint density at radius 1 is 1.07 bits per heavy atom. The Labute approximate surface area is 174 Å². The van der Waals surface area contributed by atoms with Gasteiger partial charge in [0.15, 0.2) is 0 Å². The third-order valence-electron chi connectivity index (χ3n) is 4.93. The van der Waals surface area contributed by atoms with E-state index in [-0.39, 0.29) is 30.2 Å². The average molecular weight is 412 g/mol. The van der Waals surface area contributed by atoms with Crippen LogP contribution in [0.15, 0.2) is 54.1 Å². The largest absolute Gasteiger partial charge is 0.508 e. The number of amides is 1. The number of Topliss-reactive ketones (excluding diaryl/α,β-unsaturated/α-hetero) is 1. The minimum absolute atomic E-state index is 0.0157. The van der Waals surface area contributed by atoms with Gasteiger partial charge in [-0.3, -0.25) is 9.59 Å². The molecule has 0 bridgehead atoms. The maximum absolute atomic E-state index is 12.8. The maximum Gasteiger partial charge on any atom is 0.295 e. The van der Waals surface area contributed by atoms with Gasteiger partial charge in [-0.1, -0.05) is 12.1 Å². The molecule has 1 fully saturated rings. The lowest BCUT2D eigenvalue weighted by Crippen LogP contribution is -2.36. The number of nitrogens with one attached hydrogen (secondary N) is 1. The molecule has 158 valence electrons. The van der Waals surface area contributed by atoms with Crippen LogP contribution in [-0.2, 0) is 9.59 Å². The van der Waals surface area contributed by atoms with Crippen LogP contribution < -0.4 is 10.1 Å². The van der Waals surface area contributed by atoms with E-state index in [2.05, 4.69) is 5.32 Å². The Morgan fingerprint density at radius 2 is 1.73 bits per heavy atom. The Balaban J connectivity index is 2.04. The first kappa shape index (κ1) is 21.4. The van der Waals surface area contributed by atoms with Gasteiger partial charge in [-0.2, -0.15) is 0 Å². The van der Waals surface area contributed by atoms with Gasteiger partial charge in [0.2, 0.25) is 0 Å². The molecule has 8 nitrogen and oxygen atoms in total. The third-order valence-corrected chi connectivity index (χ3v) is 4.93. The van der Waals surface area contributed by atoms with Crippen molar-refractivity contribution in [1.29, 1.82) is 0 Å². The number of hydrogen-bond donors (Lipinski definition) is 4. The fourth-order valence-corrected chi connectivity index (χ4v) is 3.42. The summed E-state index contributed by atoms with van der Waals surface area (Å²) in [7, 11) is 1.52. The first-order valence-corrected chi connectivity index (χ1v) is 9.51. The van der Waals surface area contributed by atoms with Crippen molar-refractivity contribution in [3.8, 4) is 11.5 Å². The third kappa shape index (κ3) is 4.29. The van der Waals surface area contributed by atoms with E-state index in [0.717, 1.165) is 0 Å². The molecule has 2 aromatic carbocycles. The van der Waals surface area contributed by atoms with Crippen molar-refractivity contribution >= 4 is 17.4 Å². The van der Waals surface area contributed by atoms with Gasteiger partial charge >= 0.3 is 0 Å². The van der Waals surface area contributed by atoms with Crippen molar-refractivity contribution in [2.75, 3.05) is 33.4 Å². The molecule has 1 atom stereocenters. The number of aliphatic hydroxyl groups excluding tert-OH is 2. The number of benzene rings is 2. The molecule has 0 aliphatic carbocycles. The molecule has 0 aromatic heterocycles. The molecule has 0 saturated carbocycles. The van der Waals surface area contributed by atoms with E-state index in [1.807, 2.05) is 0 Å². The van der Waals surface area contributed by atoms with E-state index < -0.39 is 17.7 Å². The van der Waals surface area contributed by atoms with E-state index in [1.165, 1.54) is 24.1 Å². The zero-order valence-corrected chi connectivity index (χ0v) is 16.5. The number of hydrogen-bond acceptors (Lipinski definition) is 7. The van der Waals surface area contributed by atoms with Crippen LogP contribution in [0.4, 0.5) is 0 Å². The molecule has 3 rings (SSSR count). The molecule has 4 N–H and O–H groups in total. The monoisotopic (exact) mass is 412 g/mol. The quantitative estimate of drug-likeness (QED) is 0.224. The van der Waals surface area contributed by atoms with Crippen LogP contribution in [0.5, 0.6) is 11.5 Å². The average Bonchev–Trinajstić information content (AvgIpc) is 3.01. The molecule has 0 spiro atoms. The predicted octanol–water partition coefficient (Wildman–Crippen LogP) is 1.40. The molecule has 30 heavy (non-hydrogen) atoms. The summed E-state index contributed by atoms with van der Waals surface area (Å²) in [4.78, 5) is 27.0. The van der Waals surface area contributed by atoms with Crippen LogP contribution in [0.3, 0.4) is 0 Å². The molecule has 1 aliphatic heterocycles. The number of ether oxygens (including phenoxy) is 1. The number of aliphatic hydroxyl groups is 2. The van der Waals surface area contributed by atoms with Crippen molar-refractivity contribution in [2.24, 2.45) is 0 Å². The predicted molar refractivity (Wildman–Crippen MR) is 110 cm³/mol. The normalized spacial score (nSPS) is 18.1. The van der Waals surface area contributed by atoms with Crippen LogP contribution in [0.2, 0.25) is 0 Å².